The number of likely N-dealkylation sites (tertiary alicyclic amines) is 1. The Morgan fingerprint density at radius 1 is 0.616 bits per heavy atom. The highest BCUT2D eigenvalue weighted by Gasteiger charge is 2.41. The number of thiol groups is 2. The van der Waals surface area contributed by atoms with Crippen LogP contribution in [0.3, 0.4) is 0 Å². The second-order valence-corrected chi connectivity index (χ2v) is 23.0. The van der Waals surface area contributed by atoms with E-state index in [0.29, 0.717) is 24.3 Å². The SMILES string of the molecule is CCOc1ccc(C[C@H](NC(=O)CC2(S)CCCCC2)C(=O)N[C@@H](CCCN=C(N)N)C(=O)N[C@H](C(=O)N[C@@H](CC(N)=O)C(=O)N[C@@H](CS)C(=O)N2CCC[C@H]2C(=O)N[C@@H](CCCN=C(N)N)C(=O)N[C@@H](CCCN=C(N)N)C(N)=O)C(C)C)cc1. The fourth-order valence-electron chi connectivity index (χ4n) is 9.83. The number of primary amides is 2. The highest BCUT2D eigenvalue weighted by Crippen LogP contribution is 2.36. The van der Waals surface area contributed by atoms with Crippen LogP contribution in [0.25, 0.3) is 0 Å². The van der Waals surface area contributed by atoms with Crippen LogP contribution in [0.2, 0.25) is 0 Å². The Labute approximate surface area is 512 Å². The van der Waals surface area contributed by atoms with Gasteiger partial charge in [0.2, 0.25) is 59.1 Å². The zero-order valence-electron chi connectivity index (χ0n) is 49.4. The van der Waals surface area contributed by atoms with E-state index in [4.69, 9.17) is 63.2 Å². The first-order valence-corrected chi connectivity index (χ1v) is 30.0. The van der Waals surface area contributed by atoms with Crippen molar-refractivity contribution in [3.63, 3.8) is 0 Å². The van der Waals surface area contributed by atoms with Crippen LogP contribution < -0.4 is 87.8 Å². The first-order chi connectivity index (χ1) is 40.7. The summed E-state index contributed by atoms with van der Waals surface area (Å²) in [5, 5.41) is 18.5. The molecule has 23 N–H and O–H groups in total. The molecule has 10 amide bonds. The molecule has 1 saturated carbocycles. The number of carbonyl (C=O) groups is 10. The van der Waals surface area contributed by atoms with Crippen LogP contribution in [0.4, 0.5) is 0 Å². The summed E-state index contributed by atoms with van der Waals surface area (Å²) in [5.41, 5.74) is 44.6. The number of rotatable bonds is 37. The van der Waals surface area contributed by atoms with Crippen molar-refractivity contribution in [2.24, 2.45) is 66.8 Å². The van der Waals surface area contributed by atoms with Gasteiger partial charge in [-0.05, 0) is 94.7 Å². The van der Waals surface area contributed by atoms with Crippen LogP contribution in [-0.4, -0.2) is 173 Å². The maximum Gasteiger partial charge on any atom is 0.246 e. The van der Waals surface area contributed by atoms with Gasteiger partial charge in [-0.2, -0.15) is 25.3 Å². The first-order valence-electron chi connectivity index (χ1n) is 28.9. The van der Waals surface area contributed by atoms with Crippen molar-refractivity contribution in [2.45, 2.75) is 177 Å². The van der Waals surface area contributed by atoms with Crippen molar-refractivity contribution in [2.75, 3.05) is 38.5 Å². The van der Waals surface area contributed by atoms with Crippen molar-refractivity contribution in [1.29, 1.82) is 0 Å². The van der Waals surface area contributed by atoms with E-state index in [1.807, 2.05) is 6.92 Å². The van der Waals surface area contributed by atoms with Gasteiger partial charge in [-0.3, -0.25) is 62.9 Å². The second kappa shape index (κ2) is 36.9. The normalized spacial score (nSPS) is 16.8. The Kier molecular flexibility index (Phi) is 31.1. The van der Waals surface area contributed by atoms with Crippen LogP contribution in [-0.2, 0) is 54.4 Å². The number of guanidine groups is 3. The summed E-state index contributed by atoms with van der Waals surface area (Å²) in [7, 11) is 0. The fourth-order valence-corrected chi connectivity index (χ4v) is 10.5. The Morgan fingerprint density at radius 3 is 1.62 bits per heavy atom. The van der Waals surface area contributed by atoms with Crippen LogP contribution in [0.5, 0.6) is 5.75 Å². The van der Waals surface area contributed by atoms with Crippen LogP contribution in [0.15, 0.2) is 39.2 Å². The van der Waals surface area contributed by atoms with Crippen LogP contribution in [0, 0.1) is 5.92 Å². The predicted octanol–water partition coefficient (Wildman–Crippen LogP) is -3.86. The summed E-state index contributed by atoms with van der Waals surface area (Å²) < 4.78 is 5.02. The van der Waals surface area contributed by atoms with Gasteiger partial charge < -0.3 is 92.7 Å². The molecule has 2 aliphatic rings. The van der Waals surface area contributed by atoms with Gasteiger partial charge in [0.1, 0.15) is 54.1 Å². The molecule has 1 aromatic rings. The molecule has 0 bridgehead atoms. The number of ether oxygens (including phenoxy) is 1. The van der Waals surface area contributed by atoms with E-state index in [9.17, 15) is 47.9 Å². The monoisotopic (exact) mass is 1250 g/mol. The highest BCUT2D eigenvalue weighted by molar-refractivity contribution is 7.81. The molecule has 0 unspecified atom stereocenters. The van der Waals surface area contributed by atoms with Crippen molar-refractivity contribution in [1.82, 2.24) is 42.1 Å². The Hall–Kier alpha value is -7.77. The summed E-state index contributed by atoms with van der Waals surface area (Å²) in [6.45, 7) is 5.80. The van der Waals surface area contributed by atoms with Crippen molar-refractivity contribution >= 4 is 102 Å². The highest BCUT2D eigenvalue weighted by atomic mass is 32.1. The molecule has 30 nitrogen and oxygen atoms in total. The lowest BCUT2D eigenvalue weighted by Crippen LogP contribution is -2.61. The number of amides is 10. The molecule has 86 heavy (non-hydrogen) atoms. The average Bonchev–Trinajstić information content (AvgIpc) is 2.73. The van der Waals surface area contributed by atoms with Gasteiger partial charge in [0, 0.05) is 49.5 Å². The van der Waals surface area contributed by atoms with E-state index in [2.05, 4.69) is 64.8 Å². The number of nitrogens with two attached hydrogens (primary N) is 8. The molecular weight excluding hydrogens is 1150 g/mol. The molecule has 1 aromatic carbocycles. The lowest BCUT2D eigenvalue weighted by Gasteiger charge is -2.32. The quantitative estimate of drug-likeness (QED) is 0.0131. The number of carbonyl (C=O) groups excluding carboxylic acids is 10. The number of nitrogens with zero attached hydrogens (tertiary/aromatic N) is 4. The number of benzene rings is 1. The zero-order chi connectivity index (χ0) is 64.1. The van der Waals surface area contributed by atoms with E-state index in [1.54, 1.807) is 38.1 Å². The summed E-state index contributed by atoms with van der Waals surface area (Å²) in [6.07, 6.45) is 4.72. The van der Waals surface area contributed by atoms with Gasteiger partial charge in [0.05, 0.1) is 13.0 Å². The standard InChI is InChI=1S/C54H91N19O11S2/c1-4-84-32-18-16-31(17-19-32)26-36(66-41(75)28-54(86)20-6-5-7-21-54)46(79)68-35(14-10-24-65-53(61)62)45(78)72-42(30(2)3)49(82)70-37(27-40(55)74)47(80)71-38(29-85)50(83)73-25-11-15-39(73)48(81)69-34(13-9-23-64-52(59)60)44(77)67-33(43(56)76)12-8-22-63-51(57)58/h16-19,30,33-39,42,85-86H,4-15,20-29H2,1-3H3,(H2,55,74)(H2,56,76)(H,66,75)(H,67,77)(H,68,79)(H,69,81)(H,70,82)(H,71,80)(H,72,78)(H4,57,58,63)(H4,59,60,64)(H4,61,62,65)/t33-,34-,35-,36-,37-,38-,39-,42-/m0/s1. The minimum absolute atomic E-state index is 0.0128. The smallest absolute Gasteiger partial charge is 0.246 e. The third kappa shape index (κ3) is 25.8. The maximum atomic E-state index is 14.4. The van der Waals surface area contributed by atoms with Crippen molar-refractivity contribution in [3.8, 4) is 5.75 Å². The molecule has 3 rings (SSSR count). The zero-order valence-corrected chi connectivity index (χ0v) is 51.1. The van der Waals surface area contributed by atoms with E-state index < -0.39 is 124 Å². The Bertz CT molecular complexity index is 2560. The summed E-state index contributed by atoms with van der Waals surface area (Å²) in [6, 6.07) is -3.69. The molecular formula is C54H91N19O11S2. The molecule has 1 heterocycles. The molecule has 8 atom stereocenters. The van der Waals surface area contributed by atoms with E-state index >= 15 is 0 Å². The number of hydrogen-bond acceptors (Lipinski definition) is 16. The molecule has 1 aliphatic heterocycles. The summed E-state index contributed by atoms with van der Waals surface area (Å²) >= 11 is 9.17. The topological polar surface area (TPSA) is 513 Å². The Balaban J connectivity index is 1.84. The molecule has 480 valence electrons. The molecule has 2 fully saturated rings. The lowest BCUT2D eigenvalue weighted by atomic mass is 9.85. The number of aliphatic imine (C=N–C) groups is 3. The summed E-state index contributed by atoms with van der Waals surface area (Å²) in [5.74, 6) is -9.08. The molecule has 0 radical (unpaired) electrons. The average molecular weight is 1250 g/mol. The molecule has 32 heteroatoms. The molecule has 0 spiro atoms. The minimum atomic E-state index is -1.72. The third-order valence-corrected chi connectivity index (χ3v) is 15.3. The predicted molar refractivity (Wildman–Crippen MR) is 330 cm³/mol. The van der Waals surface area contributed by atoms with Gasteiger partial charge in [0.25, 0.3) is 0 Å². The van der Waals surface area contributed by atoms with Crippen LogP contribution in [0.1, 0.15) is 123 Å². The first kappa shape index (κ1) is 72.5. The fraction of sp³-hybridized carbons (Fsp3) is 0.648. The molecule has 1 saturated heterocycles. The van der Waals surface area contributed by atoms with Gasteiger partial charge in [-0.1, -0.05) is 45.2 Å². The van der Waals surface area contributed by atoms with Gasteiger partial charge in [-0.25, -0.2) is 0 Å². The number of hydrogen-bond donors (Lipinski definition) is 17. The minimum Gasteiger partial charge on any atom is -0.494 e. The van der Waals surface area contributed by atoms with E-state index in [0.717, 1.165) is 32.1 Å². The van der Waals surface area contributed by atoms with Crippen molar-refractivity contribution < 1.29 is 52.7 Å². The third-order valence-electron chi connectivity index (χ3n) is 14.3. The molecule has 1 aliphatic carbocycles. The van der Waals surface area contributed by atoms with Crippen LogP contribution >= 0.6 is 25.3 Å². The van der Waals surface area contributed by atoms with Crippen molar-refractivity contribution in [3.05, 3.63) is 29.8 Å². The molecule has 0 aromatic heterocycles. The number of nitrogens with one attached hydrogen (secondary N) is 7. The Morgan fingerprint density at radius 2 is 1.10 bits per heavy atom. The maximum absolute atomic E-state index is 14.4. The largest absolute Gasteiger partial charge is 0.494 e. The summed E-state index contributed by atoms with van der Waals surface area (Å²) in [4.78, 5) is 151. The van der Waals surface area contributed by atoms with E-state index in [1.165, 1.54) is 4.90 Å². The van der Waals surface area contributed by atoms with Gasteiger partial charge in [0.15, 0.2) is 17.9 Å². The van der Waals surface area contributed by atoms with E-state index in [-0.39, 0.29) is 108 Å². The van der Waals surface area contributed by atoms with Gasteiger partial charge in [-0.15, -0.1) is 0 Å². The van der Waals surface area contributed by atoms with Gasteiger partial charge >= 0.3 is 0 Å². The lowest BCUT2D eigenvalue weighted by molar-refractivity contribution is -0.142. The second-order valence-electron chi connectivity index (χ2n) is 21.7.